The average molecular weight is 257 g/mol. The molecule has 0 atom stereocenters. The summed E-state index contributed by atoms with van der Waals surface area (Å²) < 4.78 is 7.02. The summed E-state index contributed by atoms with van der Waals surface area (Å²) in [6.45, 7) is 3.58. The van der Waals surface area contributed by atoms with E-state index in [1.807, 2.05) is 13.0 Å². The molecule has 1 aromatic heterocycles. The number of methoxy groups -OCH3 is 1. The molecular formula is C13H15N5O. The molecule has 0 aliphatic rings. The van der Waals surface area contributed by atoms with Crippen LogP contribution in [0.25, 0.3) is 5.69 Å². The average Bonchev–Trinajstić information content (AvgIpc) is 2.92. The fourth-order valence-corrected chi connectivity index (χ4v) is 1.75. The Morgan fingerprint density at radius 1 is 1.47 bits per heavy atom. The quantitative estimate of drug-likeness (QED) is 0.872. The van der Waals surface area contributed by atoms with Crippen molar-refractivity contribution >= 4 is 0 Å². The molecule has 0 unspecified atom stereocenters. The van der Waals surface area contributed by atoms with Gasteiger partial charge in [-0.25, -0.2) is 4.68 Å². The van der Waals surface area contributed by atoms with Gasteiger partial charge in [-0.05, 0) is 18.7 Å². The van der Waals surface area contributed by atoms with E-state index in [1.165, 1.54) is 0 Å². The van der Waals surface area contributed by atoms with E-state index in [9.17, 15) is 0 Å². The molecule has 0 fully saturated rings. The molecule has 6 heteroatoms. The van der Waals surface area contributed by atoms with Crippen molar-refractivity contribution in [2.45, 2.75) is 13.5 Å². The minimum atomic E-state index is 0.550. The first-order chi connectivity index (χ1) is 9.30. The number of nitrogens with one attached hydrogen (secondary N) is 1. The van der Waals surface area contributed by atoms with Gasteiger partial charge in [-0.1, -0.05) is 12.1 Å². The van der Waals surface area contributed by atoms with E-state index in [0.717, 1.165) is 17.9 Å². The summed E-state index contributed by atoms with van der Waals surface area (Å²) in [5.41, 5.74) is 2.26. The smallest absolute Gasteiger partial charge is 0.145 e. The Hall–Kier alpha value is -2.39. The van der Waals surface area contributed by atoms with Crippen LogP contribution in [0.3, 0.4) is 0 Å². The molecule has 1 aromatic carbocycles. The second-order valence-corrected chi connectivity index (χ2v) is 3.92. The van der Waals surface area contributed by atoms with Crippen molar-refractivity contribution in [2.24, 2.45) is 0 Å². The fraction of sp³-hybridized carbons (Fsp3) is 0.308. The largest absolute Gasteiger partial charge is 0.494 e. The monoisotopic (exact) mass is 257 g/mol. The van der Waals surface area contributed by atoms with E-state index in [-0.39, 0.29) is 0 Å². The lowest BCUT2D eigenvalue weighted by Gasteiger charge is -2.11. The third-order valence-electron chi connectivity index (χ3n) is 2.71. The number of benzene rings is 1. The van der Waals surface area contributed by atoms with E-state index in [4.69, 9.17) is 10.00 Å². The number of hydrogen-bond donors (Lipinski definition) is 1. The molecule has 0 spiro atoms. The van der Waals surface area contributed by atoms with Gasteiger partial charge in [-0.2, -0.15) is 5.26 Å². The molecule has 6 nitrogen and oxygen atoms in total. The molecule has 98 valence electrons. The number of nitriles is 1. The van der Waals surface area contributed by atoms with Gasteiger partial charge in [0.05, 0.1) is 30.6 Å². The van der Waals surface area contributed by atoms with Crippen LogP contribution in [-0.4, -0.2) is 28.6 Å². The zero-order valence-corrected chi connectivity index (χ0v) is 10.9. The highest BCUT2D eigenvalue weighted by molar-refractivity contribution is 5.51. The van der Waals surface area contributed by atoms with Crippen LogP contribution in [0.2, 0.25) is 0 Å². The van der Waals surface area contributed by atoms with Crippen molar-refractivity contribution in [3.8, 4) is 17.5 Å². The van der Waals surface area contributed by atoms with Crippen LogP contribution in [-0.2, 0) is 6.54 Å². The van der Waals surface area contributed by atoms with Gasteiger partial charge >= 0.3 is 0 Å². The molecule has 1 N–H and O–H groups in total. The lowest BCUT2D eigenvalue weighted by atomic mass is 10.2. The number of hydrogen-bond acceptors (Lipinski definition) is 5. The van der Waals surface area contributed by atoms with E-state index in [2.05, 4.69) is 21.7 Å². The molecule has 0 amide bonds. The van der Waals surface area contributed by atoms with Crippen molar-refractivity contribution < 1.29 is 4.74 Å². The van der Waals surface area contributed by atoms with Gasteiger partial charge in [0.25, 0.3) is 0 Å². The molecule has 19 heavy (non-hydrogen) atoms. The second kappa shape index (κ2) is 5.98. The van der Waals surface area contributed by atoms with Gasteiger partial charge in [-0.15, -0.1) is 5.10 Å². The first-order valence-electron chi connectivity index (χ1n) is 5.99. The molecule has 2 rings (SSSR count). The van der Waals surface area contributed by atoms with Crippen LogP contribution < -0.4 is 10.1 Å². The van der Waals surface area contributed by atoms with Crippen molar-refractivity contribution in [1.29, 1.82) is 5.26 Å². The maximum Gasteiger partial charge on any atom is 0.145 e. The Kier molecular flexibility index (Phi) is 4.11. The molecule has 0 radical (unpaired) electrons. The maximum atomic E-state index is 8.90. The fourth-order valence-electron chi connectivity index (χ4n) is 1.75. The first-order valence-corrected chi connectivity index (χ1v) is 5.99. The van der Waals surface area contributed by atoms with Gasteiger partial charge < -0.3 is 10.1 Å². The highest BCUT2D eigenvalue weighted by Gasteiger charge is 2.11. The first kappa shape index (κ1) is 13.1. The van der Waals surface area contributed by atoms with Crippen LogP contribution in [0, 0.1) is 11.3 Å². The Morgan fingerprint density at radius 3 is 3.00 bits per heavy atom. The predicted molar refractivity (Wildman–Crippen MR) is 70.0 cm³/mol. The standard InChI is InChI=1S/C13H15N5O/c1-3-15-8-11-9-16-17-18(11)12-5-4-10(7-14)6-13(12)19-2/h4-6,9,15H,3,8H2,1-2H3. The summed E-state index contributed by atoms with van der Waals surface area (Å²) in [6, 6.07) is 7.31. The normalized spacial score (nSPS) is 10.2. The zero-order valence-electron chi connectivity index (χ0n) is 10.9. The zero-order chi connectivity index (χ0) is 13.7. The topological polar surface area (TPSA) is 75.8 Å². The van der Waals surface area contributed by atoms with E-state index < -0.39 is 0 Å². The van der Waals surface area contributed by atoms with Crippen LogP contribution in [0.15, 0.2) is 24.4 Å². The summed E-state index contributed by atoms with van der Waals surface area (Å²) in [6.07, 6.45) is 1.71. The van der Waals surface area contributed by atoms with Crippen LogP contribution in [0.4, 0.5) is 0 Å². The minimum absolute atomic E-state index is 0.550. The number of nitrogens with zero attached hydrogens (tertiary/aromatic N) is 4. The van der Waals surface area contributed by atoms with E-state index in [1.54, 1.807) is 30.1 Å². The second-order valence-electron chi connectivity index (χ2n) is 3.92. The van der Waals surface area contributed by atoms with Gasteiger partial charge in [0, 0.05) is 12.6 Å². The van der Waals surface area contributed by atoms with E-state index >= 15 is 0 Å². The van der Waals surface area contributed by atoms with Gasteiger partial charge in [0.2, 0.25) is 0 Å². The summed E-state index contributed by atoms with van der Waals surface area (Å²) >= 11 is 0. The Bertz CT molecular complexity index is 599. The van der Waals surface area contributed by atoms with Crippen molar-refractivity contribution in [1.82, 2.24) is 20.3 Å². The summed E-state index contributed by atoms with van der Waals surface area (Å²) in [5, 5.41) is 20.1. The predicted octanol–water partition coefficient (Wildman–Crippen LogP) is 1.26. The summed E-state index contributed by atoms with van der Waals surface area (Å²) in [5.74, 6) is 0.599. The lowest BCUT2D eigenvalue weighted by molar-refractivity contribution is 0.410. The van der Waals surface area contributed by atoms with Crippen molar-refractivity contribution in [2.75, 3.05) is 13.7 Å². The maximum absolute atomic E-state index is 8.90. The highest BCUT2D eigenvalue weighted by Crippen LogP contribution is 2.24. The molecule has 2 aromatic rings. The van der Waals surface area contributed by atoms with Crippen molar-refractivity contribution in [3.05, 3.63) is 35.7 Å². The minimum Gasteiger partial charge on any atom is -0.494 e. The molecular weight excluding hydrogens is 242 g/mol. The number of aromatic nitrogens is 3. The Labute approximate surface area is 111 Å². The van der Waals surface area contributed by atoms with Crippen molar-refractivity contribution in [3.63, 3.8) is 0 Å². The van der Waals surface area contributed by atoms with Crippen LogP contribution >= 0.6 is 0 Å². The highest BCUT2D eigenvalue weighted by atomic mass is 16.5. The third kappa shape index (κ3) is 2.72. The third-order valence-corrected chi connectivity index (χ3v) is 2.71. The molecule has 0 saturated heterocycles. The van der Waals surface area contributed by atoms with Gasteiger partial charge in [-0.3, -0.25) is 0 Å². The SMILES string of the molecule is CCNCc1cnnn1-c1ccc(C#N)cc1OC. The molecule has 1 heterocycles. The number of rotatable bonds is 5. The lowest BCUT2D eigenvalue weighted by Crippen LogP contribution is -2.15. The summed E-state index contributed by atoms with van der Waals surface area (Å²) in [4.78, 5) is 0. The van der Waals surface area contributed by atoms with Crippen LogP contribution in [0.5, 0.6) is 5.75 Å². The number of ether oxygens (including phenoxy) is 1. The molecule has 0 aliphatic heterocycles. The Balaban J connectivity index is 2.41. The summed E-state index contributed by atoms with van der Waals surface area (Å²) in [7, 11) is 1.57. The molecule has 0 aliphatic carbocycles. The Morgan fingerprint density at radius 2 is 2.32 bits per heavy atom. The van der Waals surface area contributed by atoms with Gasteiger partial charge in [0.15, 0.2) is 0 Å². The van der Waals surface area contributed by atoms with E-state index in [0.29, 0.717) is 17.9 Å². The molecule has 0 bridgehead atoms. The molecule has 0 saturated carbocycles. The van der Waals surface area contributed by atoms with Crippen LogP contribution in [0.1, 0.15) is 18.2 Å². The van der Waals surface area contributed by atoms with Gasteiger partial charge in [0.1, 0.15) is 11.4 Å².